The molecule has 0 saturated carbocycles. The highest BCUT2D eigenvalue weighted by molar-refractivity contribution is 5.74. The minimum absolute atomic E-state index is 0.0350. The smallest absolute Gasteiger partial charge is 0.315 e. The van der Waals surface area contributed by atoms with Crippen LogP contribution in [-0.2, 0) is 0 Å². The molecule has 1 aliphatic heterocycles. The molecule has 1 aliphatic rings. The first-order valence-electron chi connectivity index (χ1n) is 7.98. The predicted molar refractivity (Wildman–Crippen MR) is 87.7 cm³/mol. The Kier molecular flexibility index (Phi) is 6.49. The number of amides is 2. The maximum atomic E-state index is 13.7. The summed E-state index contributed by atoms with van der Waals surface area (Å²) in [5.41, 5.74) is 12.0. The molecule has 0 bridgehead atoms. The topological polar surface area (TPSA) is 115 Å². The number of hydrogen-bond donors (Lipinski definition) is 5. The lowest BCUT2D eigenvalue weighted by Crippen LogP contribution is -2.39. The molecule has 4 unspecified atom stereocenters. The number of hydrogen-bond acceptors (Lipinski definition) is 5. The van der Waals surface area contributed by atoms with Gasteiger partial charge in [-0.2, -0.15) is 5.26 Å². The Morgan fingerprint density at radius 2 is 2.21 bits per heavy atom. The van der Waals surface area contributed by atoms with Crippen molar-refractivity contribution in [3.63, 3.8) is 0 Å². The molecule has 2 rings (SSSR count). The van der Waals surface area contributed by atoms with Crippen LogP contribution in [0.5, 0.6) is 0 Å². The number of nitrogens with zero attached hydrogens (tertiary/aromatic N) is 1. The summed E-state index contributed by atoms with van der Waals surface area (Å²) in [5, 5.41) is 14.5. The number of benzene rings is 1. The minimum Gasteiger partial charge on any atom is -0.338 e. The number of carbonyl (C=O) groups is 1. The lowest BCUT2D eigenvalue weighted by Gasteiger charge is -2.16. The second-order valence-electron chi connectivity index (χ2n) is 5.86. The molecule has 1 fully saturated rings. The van der Waals surface area contributed by atoms with Gasteiger partial charge in [0.15, 0.2) is 0 Å². The molecule has 1 heterocycles. The lowest BCUT2D eigenvalue weighted by atomic mass is 9.97. The van der Waals surface area contributed by atoms with Crippen LogP contribution in [0, 0.1) is 23.1 Å². The maximum Gasteiger partial charge on any atom is 0.315 e. The summed E-state index contributed by atoms with van der Waals surface area (Å²) >= 11 is 0. The van der Waals surface area contributed by atoms with Gasteiger partial charge in [-0.15, -0.1) is 0 Å². The summed E-state index contributed by atoms with van der Waals surface area (Å²) in [7, 11) is 0. The summed E-state index contributed by atoms with van der Waals surface area (Å²) in [4.78, 5) is 11.9. The van der Waals surface area contributed by atoms with Crippen molar-refractivity contribution in [2.75, 3.05) is 6.54 Å². The Bertz CT molecular complexity index is 604. The van der Waals surface area contributed by atoms with E-state index in [1.54, 1.807) is 25.1 Å². The van der Waals surface area contributed by atoms with Gasteiger partial charge in [0.25, 0.3) is 0 Å². The molecule has 6 N–H and O–H groups in total. The first-order chi connectivity index (χ1) is 11.5. The van der Waals surface area contributed by atoms with E-state index in [9.17, 15) is 9.18 Å². The Balaban J connectivity index is 1.69. The molecule has 7 nitrogen and oxygen atoms in total. The minimum atomic E-state index is -0.423. The monoisotopic (exact) mass is 334 g/mol. The average molecular weight is 334 g/mol. The van der Waals surface area contributed by atoms with Crippen molar-refractivity contribution in [2.45, 2.75) is 38.0 Å². The summed E-state index contributed by atoms with van der Waals surface area (Å²) in [6.45, 7) is 2.19. The van der Waals surface area contributed by atoms with E-state index in [1.165, 1.54) is 6.07 Å². The van der Waals surface area contributed by atoms with Gasteiger partial charge >= 0.3 is 6.03 Å². The van der Waals surface area contributed by atoms with Crippen molar-refractivity contribution in [3.05, 3.63) is 35.6 Å². The van der Waals surface area contributed by atoms with Crippen molar-refractivity contribution >= 4 is 6.03 Å². The highest BCUT2D eigenvalue weighted by atomic mass is 19.1. The lowest BCUT2D eigenvalue weighted by molar-refractivity contribution is 0.237. The van der Waals surface area contributed by atoms with Crippen LogP contribution in [0.1, 0.15) is 31.4 Å². The Labute approximate surface area is 140 Å². The molecular formula is C16H23FN6O. The highest BCUT2D eigenvalue weighted by Crippen LogP contribution is 2.16. The van der Waals surface area contributed by atoms with Gasteiger partial charge < -0.3 is 16.4 Å². The van der Waals surface area contributed by atoms with Gasteiger partial charge in [0.2, 0.25) is 0 Å². The highest BCUT2D eigenvalue weighted by Gasteiger charge is 2.32. The zero-order valence-electron chi connectivity index (χ0n) is 13.6. The number of rotatable bonds is 6. The van der Waals surface area contributed by atoms with Crippen LogP contribution in [-0.4, -0.2) is 24.8 Å². The molecule has 2 amide bonds. The van der Waals surface area contributed by atoms with E-state index in [-0.39, 0.29) is 30.0 Å². The van der Waals surface area contributed by atoms with Crippen molar-refractivity contribution in [3.8, 4) is 6.07 Å². The van der Waals surface area contributed by atoms with E-state index >= 15 is 0 Å². The van der Waals surface area contributed by atoms with E-state index < -0.39 is 6.04 Å². The standard InChI is InChI=1S/C16H23FN6O/c1-10(11-5-2-3-6-13(11)17)21-16(24)20-8-4-7-14-12(9-18)15(19)23-22-14/h2-3,5-6,10,12,14-15,22-23H,4,7-8,19H2,1H3,(H2,20,21,24). The normalized spacial score (nSPS) is 24.2. The molecule has 24 heavy (non-hydrogen) atoms. The molecule has 8 heteroatoms. The number of hydrazine groups is 1. The second kappa shape index (κ2) is 8.59. The Hall–Kier alpha value is -2.21. The van der Waals surface area contributed by atoms with Crippen LogP contribution in [0.3, 0.4) is 0 Å². The molecule has 0 radical (unpaired) electrons. The van der Waals surface area contributed by atoms with Crippen LogP contribution in [0.25, 0.3) is 0 Å². The van der Waals surface area contributed by atoms with Gasteiger partial charge in [-0.25, -0.2) is 14.6 Å². The van der Waals surface area contributed by atoms with Crippen LogP contribution in [0.2, 0.25) is 0 Å². The molecule has 0 spiro atoms. The molecule has 0 aliphatic carbocycles. The molecule has 0 aromatic heterocycles. The number of nitrogens with one attached hydrogen (secondary N) is 4. The Morgan fingerprint density at radius 3 is 2.92 bits per heavy atom. The van der Waals surface area contributed by atoms with Gasteiger partial charge in [0, 0.05) is 18.2 Å². The first kappa shape index (κ1) is 18.1. The molecule has 130 valence electrons. The summed E-state index contributed by atoms with van der Waals surface area (Å²) in [6.07, 6.45) is 1.03. The van der Waals surface area contributed by atoms with E-state index in [0.717, 1.165) is 0 Å². The van der Waals surface area contributed by atoms with Crippen molar-refractivity contribution < 1.29 is 9.18 Å². The fraction of sp³-hybridized carbons (Fsp3) is 0.500. The van der Waals surface area contributed by atoms with Gasteiger partial charge in [-0.3, -0.25) is 5.43 Å². The fourth-order valence-corrected chi connectivity index (χ4v) is 2.73. The predicted octanol–water partition coefficient (Wildman–Crippen LogP) is 0.867. The third kappa shape index (κ3) is 4.64. The van der Waals surface area contributed by atoms with Gasteiger partial charge in [0.1, 0.15) is 5.82 Å². The van der Waals surface area contributed by atoms with Crippen molar-refractivity contribution in [2.24, 2.45) is 11.7 Å². The average Bonchev–Trinajstić information content (AvgIpc) is 2.91. The maximum absolute atomic E-state index is 13.7. The van der Waals surface area contributed by atoms with E-state index in [2.05, 4.69) is 27.6 Å². The quantitative estimate of drug-likeness (QED) is 0.495. The number of nitrogens with two attached hydrogens (primary N) is 1. The SMILES string of the molecule is CC(NC(=O)NCCCC1NNC(N)C1C#N)c1ccccc1F. The van der Waals surface area contributed by atoms with Crippen LogP contribution in [0.4, 0.5) is 9.18 Å². The molecular weight excluding hydrogens is 311 g/mol. The molecule has 1 aromatic carbocycles. The zero-order valence-corrected chi connectivity index (χ0v) is 13.6. The van der Waals surface area contributed by atoms with E-state index in [1.807, 2.05) is 0 Å². The third-order valence-corrected chi connectivity index (χ3v) is 4.10. The third-order valence-electron chi connectivity index (χ3n) is 4.10. The first-order valence-corrected chi connectivity index (χ1v) is 7.98. The zero-order chi connectivity index (χ0) is 17.5. The molecule has 1 saturated heterocycles. The number of nitriles is 1. The van der Waals surface area contributed by atoms with Crippen molar-refractivity contribution in [1.29, 1.82) is 5.26 Å². The van der Waals surface area contributed by atoms with E-state index in [0.29, 0.717) is 24.9 Å². The summed E-state index contributed by atoms with van der Waals surface area (Å²) in [6, 6.07) is 7.72. The van der Waals surface area contributed by atoms with Gasteiger partial charge in [0.05, 0.1) is 24.2 Å². The van der Waals surface area contributed by atoms with Crippen molar-refractivity contribution in [1.82, 2.24) is 21.5 Å². The van der Waals surface area contributed by atoms with Crippen LogP contribution < -0.4 is 27.2 Å². The molecule has 1 aromatic rings. The van der Waals surface area contributed by atoms with E-state index in [4.69, 9.17) is 11.0 Å². The van der Waals surface area contributed by atoms with Crippen LogP contribution >= 0.6 is 0 Å². The Morgan fingerprint density at radius 1 is 1.46 bits per heavy atom. The number of carbonyl (C=O) groups excluding carboxylic acids is 1. The fourth-order valence-electron chi connectivity index (χ4n) is 2.73. The summed E-state index contributed by atoms with van der Waals surface area (Å²) in [5.74, 6) is -0.635. The van der Waals surface area contributed by atoms with Gasteiger partial charge in [-0.1, -0.05) is 18.2 Å². The summed E-state index contributed by atoms with van der Waals surface area (Å²) < 4.78 is 13.7. The molecule has 4 atom stereocenters. The van der Waals surface area contributed by atoms with Gasteiger partial charge in [-0.05, 0) is 25.8 Å². The number of urea groups is 1. The number of halogens is 1. The second-order valence-corrected chi connectivity index (χ2v) is 5.86. The largest absolute Gasteiger partial charge is 0.338 e. The van der Waals surface area contributed by atoms with Crippen LogP contribution in [0.15, 0.2) is 24.3 Å².